The second-order valence-corrected chi connectivity index (χ2v) is 4.47. The van der Waals surface area contributed by atoms with Crippen LogP contribution in [0.25, 0.3) is 0 Å². The molecule has 1 aromatic rings. The SMILES string of the molecule is COc1cc(C)nc(CN2CC(O)C(O)C2)c1. The molecule has 5 nitrogen and oxygen atoms in total. The number of aliphatic hydroxyl groups excluding tert-OH is 2. The van der Waals surface area contributed by atoms with Crippen molar-refractivity contribution in [3.05, 3.63) is 23.5 Å². The number of β-amino-alcohol motifs (C(OH)–C–C–N with tert-alkyl or cyclic N) is 2. The van der Waals surface area contributed by atoms with Crippen molar-refractivity contribution in [2.75, 3.05) is 20.2 Å². The lowest BCUT2D eigenvalue weighted by molar-refractivity contribution is 0.0572. The van der Waals surface area contributed by atoms with Crippen molar-refractivity contribution in [1.82, 2.24) is 9.88 Å². The second kappa shape index (κ2) is 5.00. The minimum Gasteiger partial charge on any atom is -0.497 e. The van der Waals surface area contributed by atoms with Crippen LogP contribution in [0, 0.1) is 6.92 Å². The summed E-state index contributed by atoms with van der Waals surface area (Å²) in [6.45, 7) is 3.50. The van der Waals surface area contributed by atoms with Crippen molar-refractivity contribution in [3.8, 4) is 5.75 Å². The van der Waals surface area contributed by atoms with Crippen LogP contribution < -0.4 is 4.74 Å². The van der Waals surface area contributed by atoms with Gasteiger partial charge in [-0.15, -0.1) is 0 Å². The third kappa shape index (κ3) is 2.94. The van der Waals surface area contributed by atoms with Crippen LogP contribution in [0.2, 0.25) is 0 Å². The van der Waals surface area contributed by atoms with Gasteiger partial charge in [0.2, 0.25) is 0 Å². The monoisotopic (exact) mass is 238 g/mol. The number of likely N-dealkylation sites (tertiary alicyclic amines) is 1. The lowest BCUT2D eigenvalue weighted by Gasteiger charge is -2.15. The molecule has 2 N–H and O–H groups in total. The number of hydrogen-bond donors (Lipinski definition) is 2. The maximum absolute atomic E-state index is 9.46. The van der Waals surface area contributed by atoms with Crippen LogP contribution in [0.1, 0.15) is 11.4 Å². The molecular weight excluding hydrogens is 220 g/mol. The van der Waals surface area contributed by atoms with Crippen molar-refractivity contribution in [3.63, 3.8) is 0 Å². The summed E-state index contributed by atoms with van der Waals surface area (Å²) in [5.74, 6) is 0.785. The molecular formula is C12H18N2O3. The fourth-order valence-electron chi connectivity index (χ4n) is 2.11. The van der Waals surface area contributed by atoms with E-state index in [2.05, 4.69) is 4.98 Å². The predicted molar refractivity (Wildman–Crippen MR) is 62.8 cm³/mol. The van der Waals surface area contributed by atoms with E-state index in [1.165, 1.54) is 0 Å². The summed E-state index contributed by atoms with van der Waals surface area (Å²) < 4.78 is 5.19. The molecule has 94 valence electrons. The maximum Gasteiger partial charge on any atom is 0.122 e. The molecule has 0 aliphatic carbocycles. The van der Waals surface area contributed by atoms with E-state index in [9.17, 15) is 10.2 Å². The number of aromatic nitrogens is 1. The Morgan fingerprint density at radius 2 is 2.00 bits per heavy atom. The number of aliphatic hydroxyl groups is 2. The molecule has 0 aromatic carbocycles. The third-order valence-electron chi connectivity index (χ3n) is 2.94. The molecule has 0 spiro atoms. The van der Waals surface area contributed by atoms with E-state index in [-0.39, 0.29) is 0 Å². The highest BCUT2D eigenvalue weighted by atomic mass is 16.5. The number of aryl methyl sites for hydroxylation is 1. The first kappa shape index (κ1) is 12.3. The summed E-state index contributed by atoms with van der Waals surface area (Å²) >= 11 is 0. The van der Waals surface area contributed by atoms with Crippen molar-refractivity contribution >= 4 is 0 Å². The quantitative estimate of drug-likeness (QED) is 0.772. The Kier molecular flexibility index (Phi) is 3.61. The zero-order chi connectivity index (χ0) is 12.4. The first-order valence-corrected chi connectivity index (χ1v) is 5.68. The fourth-order valence-corrected chi connectivity index (χ4v) is 2.11. The highest BCUT2D eigenvalue weighted by molar-refractivity contribution is 5.26. The molecule has 0 radical (unpaired) electrons. The highest BCUT2D eigenvalue weighted by Gasteiger charge is 2.29. The molecule has 2 heterocycles. The van der Waals surface area contributed by atoms with Crippen molar-refractivity contribution < 1.29 is 14.9 Å². The molecule has 1 aliphatic rings. The van der Waals surface area contributed by atoms with Crippen LogP contribution in [0.5, 0.6) is 5.75 Å². The predicted octanol–water partition coefficient (Wildman–Crippen LogP) is -0.0640. The Labute approximate surface area is 101 Å². The second-order valence-electron chi connectivity index (χ2n) is 4.47. The van der Waals surface area contributed by atoms with Crippen LogP contribution >= 0.6 is 0 Å². The van der Waals surface area contributed by atoms with E-state index in [1.807, 2.05) is 24.0 Å². The molecule has 1 aliphatic heterocycles. The molecule has 0 bridgehead atoms. The van der Waals surface area contributed by atoms with Crippen molar-refractivity contribution in [2.45, 2.75) is 25.7 Å². The summed E-state index contributed by atoms with van der Waals surface area (Å²) in [7, 11) is 1.63. The van der Waals surface area contributed by atoms with Gasteiger partial charge in [0.1, 0.15) is 5.75 Å². The molecule has 0 amide bonds. The van der Waals surface area contributed by atoms with Crippen LogP contribution in [0.3, 0.4) is 0 Å². The number of pyridine rings is 1. The molecule has 1 aromatic heterocycles. The van der Waals surface area contributed by atoms with Gasteiger partial charge in [-0.3, -0.25) is 9.88 Å². The van der Waals surface area contributed by atoms with Gasteiger partial charge in [0.25, 0.3) is 0 Å². The van der Waals surface area contributed by atoms with Gasteiger partial charge in [0.05, 0.1) is 25.0 Å². The number of hydrogen-bond acceptors (Lipinski definition) is 5. The van der Waals surface area contributed by atoms with Gasteiger partial charge in [-0.25, -0.2) is 0 Å². The average molecular weight is 238 g/mol. The summed E-state index contributed by atoms with van der Waals surface area (Å²) in [4.78, 5) is 6.39. The van der Waals surface area contributed by atoms with Gasteiger partial charge in [0.15, 0.2) is 0 Å². The summed E-state index contributed by atoms with van der Waals surface area (Å²) in [5, 5.41) is 18.9. The van der Waals surface area contributed by atoms with Gasteiger partial charge in [-0.05, 0) is 6.92 Å². The lowest BCUT2D eigenvalue weighted by Crippen LogP contribution is -2.22. The number of rotatable bonds is 3. The smallest absolute Gasteiger partial charge is 0.122 e. The van der Waals surface area contributed by atoms with Crippen LogP contribution in [-0.4, -0.2) is 52.5 Å². The molecule has 2 unspecified atom stereocenters. The number of ether oxygens (including phenoxy) is 1. The van der Waals surface area contributed by atoms with E-state index in [4.69, 9.17) is 4.74 Å². The Balaban J connectivity index is 2.06. The summed E-state index contributed by atoms with van der Waals surface area (Å²) in [6.07, 6.45) is -1.30. The van der Waals surface area contributed by atoms with Crippen LogP contribution in [-0.2, 0) is 6.54 Å². The van der Waals surface area contributed by atoms with E-state index in [0.717, 1.165) is 17.1 Å². The van der Waals surface area contributed by atoms with Crippen LogP contribution in [0.15, 0.2) is 12.1 Å². The van der Waals surface area contributed by atoms with Crippen LogP contribution in [0.4, 0.5) is 0 Å². The normalized spacial score (nSPS) is 25.2. The van der Waals surface area contributed by atoms with E-state index in [0.29, 0.717) is 19.6 Å². The first-order valence-electron chi connectivity index (χ1n) is 5.68. The zero-order valence-corrected chi connectivity index (χ0v) is 10.1. The third-order valence-corrected chi connectivity index (χ3v) is 2.94. The molecule has 2 atom stereocenters. The standard InChI is InChI=1S/C12H18N2O3/c1-8-3-10(17-2)4-9(13-8)5-14-6-11(15)12(16)7-14/h3-4,11-12,15-16H,5-7H2,1-2H3. The van der Waals surface area contributed by atoms with Crippen molar-refractivity contribution in [2.24, 2.45) is 0 Å². The van der Waals surface area contributed by atoms with E-state index >= 15 is 0 Å². The maximum atomic E-state index is 9.46. The largest absolute Gasteiger partial charge is 0.497 e. The Morgan fingerprint density at radius 1 is 1.35 bits per heavy atom. The molecule has 2 rings (SSSR count). The average Bonchev–Trinajstić information content (AvgIpc) is 2.57. The lowest BCUT2D eigenvalue weighted by atomic mass is 10.3. The number of nitrogens with zero attached hydrogens (tertiary/aromatic N) is 2. The Bertz CT molecular complexity index is 387. The van der Waals surface area contributed by atoms with Gasteiger partial charge in [0, 0.05) is 37.5 Å². The molecule has 17 heavy (non-hydrogen) atoms. The molecule has 1 fully saturated rings. The molecule has 0 saturated carbocycles. The zero-order valence-electron chi connectivity index (χ0n) is 10.1. The van der Waals surface area contributed by atoms with Gasteiger partial charge >= 0.3 is 0 Å². The Hall–Kier alpha value is -1.17. The van der Waals surface area contributed by atoms with Crippen molar-refractivity contribution in [1.29, 1.82) is 0 Å². The fraction of sp³-hybridized carbons (Fsp3) is 0.583. The topological polar surface area (TPSA) is 65.8 Å². The highest BCUT2D eigenvalue weighted by Crippen LogP contribution is 2.17. The molecule has 5 heteroatoms. The van der Waals surface area contributed by atoms with E-state index < -0.39 is 12.2 Å². The van der Waals surface area contributed by atoms with Gasteiger partial charge in [-0.2, -0.15) is 0 Å². The summed E-state index contributed by atoms with van der Waals surface area (Å²) in [5.41, 5.74) is 1.79. The summed E-state index contributed by atoms with van der Waals surface area (Å²) in [6, 6.07) is 3.75. The van der Waals surface area contributed by atoms with Gasteiger partial charge in [-0.1, -0.05) is 0 Å². The minimum absolute atomic E-state index is 0.485. The Morgan fingerprint density at radius 3 is 2.59 bits per heavy atom. The molecule has 1 saturated heterocycles. The first-order chi connectivity index (χ1) is 8.08. The van der Waals surface area contributed by atoms with Gasteiger partial charge < -0.3 is 14.9 Å². The van der Waals surface area contributed by atoms with E-state index in [1.54, 1.807) is 7.11 Å². The number of methoxy groups -OCH3 is 1. The minimum atomic E-state index is -0.651.